The summed E-state index contributed by atoms with van der Waals surface area (Å²) in [7, 11) is -3.52. The van der Waals surface area contributed by atoms with Crippen LogP contribution < -0.4 is 4.72 Å². The smallest absolute Gasteiger partial charge is 0.207 e. The van der Waals surface area contributed by atoms with Crippen LogP contribution in [0.4, 0.5) is 0 Å². The molecule has 0 amide bonds. The molecule has 1 atom stereocenters. The zero-order valence-corrected chi connectivity index (χ0v) is 11.6. The van der Waals surface area contributed by atoms with Gasteiger partial charge in [0.05, 0.1) is 16.5 Å². The van der Waals surface area contributed by atoms with E-state index in [-0.39, 0.29) is 10.9 Å². The number of aryl methyl sites for hydroxylation is 1. The minimum atomic E-state index is -3.52. The second-order valence-corrected chi connectivity index (χ2v) is 7.11. The van der Waals surface area contributed by atoms with Crippen LogP contribution in [0.15, 0.2) is 23.1 Å². The lowest BCUT2D eigenvalue weighted by molar-refractivity contribution is 0.562. The van der Waals surface area contributed by atoms with E-state index in [0.29, 0.717) is 11.1 Å². The van der Waals surface area contributed by atoms with E-state index in [4.69, 9.17) is 5.26 Å². The van der Waals surface area contributed by atoms with Crippen LogP contribution in [0.3, 0.4) is 0 Å². The number of rotatable bonds is 3. The molecule has 1 aromatic rings. The lowest BCUT2D eigenvalue weighted by Gasteiger charge is -2.13. The SMILES string of the molecule is Cc1ccc(C#N)cc1S(=O)(=O)NC1CCSC1. The average Bonchev–Trinajstić information content (AvgIpc) is 2.81. The normalized spacial score (nSPS) is 19.7. The van der Waals surface area contributed by atoms with Gasteiger partial charge in [0.15, 0.2) is 0 Å². The Morgan fingerprint density at radius 1 is 1.50 bits per heavy atom. The lowest BCUT2D eigenvalue weighted by Crippen LogP contribution is -2.35. The van der Waals surface area contributed by atoms with Gasteiger partial charge in [-0.25, -0.2) is 13.1 Å². The van der Waals surface area contributed by atoms with E-state index in [1.54, 1.807) is 30.8 Å². The van der Waals surface area contributed by atoms with E-state index in [2.05, 4.69) is 4.72 Å². The molecule has 1 N–H and O–H groups in total. The first-order chi connectivity index (χ1) is 8.53. The molecule has 1 aliphatic heterocycles. The van der Waals surface area contributed by atoms with Gasteiger partial charge >= 0.3 is 0 Å². The highest BCUT2D eigenvalue weighted by Gasteiger charge is 2.24. The van der Waals surface area contributed by atoms with Gasteiger partial charge in [-0.2, -0.15) is 17.0 Å². The van der Waals surface area contributed by atoms with Crippen molar-refractivity contribution in [3.8, 4) is 6.07 Å². The molecule has 0 spiro atoms. The summed E-state index contributed by atoms with van der Waals surface area (Å²) in [5, 5.41) is 8.83. The standard InChI is InChI=1S/C12H14N2O2S2/c1-9-2-3-10(7-13)6-12(9)18(15,16)14-11-4-5-17-8-11/h2-3,6,11,14H,4-5,8H2,1H3. The molecular formula is C12H14N2O2S2. The molecule has 96 valence electrons. The van der Waals surface area contributed by atoms with E-state index >= 15 is 0 Å². The Morgan fingerprint density at radius 3 is 2.89 bits per heavy atom. The topological polar surface area (TPSA) is 70.0 Å². The second kappa shape index (κ2) is 5.31. The van der Waals surface area contributed by atoms with Crippen molar-refractivity contribution < 1.29 is 8.42 Å². The fraction of sp³-hybridized carbons (Fsp3) is 0.417. The summed E-state index contributed by atoms with van der Waals surface area (Å²) in [6.45, 7) is 1.74. The fourth-order valence-electron chi connectivity index (χ4n) is 1.87. The maximum absolute atomic E-state index is 12.2. The highest BCUT2D eigenvalue weighted by molar-refractivity contribution is 7.99. The molecule has 1 aliphatic rings. The number of hydrogen-bond donors (Lipinski definition) is 1. The van der Waals surface area contributed by atoms with Crippen molar-refractivity contribution in [3.05, 3.63) is 29.3 Å². The number of benzene rings is 1. The summed E-state index contributed by atoms with van der Waals surface area (Å²) >= 11 is 1.75. The van der Waals surface area contributed by atoms with Crippen molar-refractivity contribution >= 4 is 21.8 Å². The van der Waals surface area contributed by atoms with Crippen molar-refractivity contribution in [3.63, 3.8) is 0 Å². The summed E-state index contributed by atoms with van der Waals surface area (Å²) in [5.74, 6) is 1.81. The van der Waals surface area contributed by atoms with Gasteiger partial charge in [-0.05, 0) is 36.8 Å². The van der Waals surface area contributed by atoms with Gasteiger partial charge in [-0.1, -0.05) is 6.07 Å². The van der Waals surface area contributed by atoms with Crippen molar-refractivity contribution in [2.75, 3.05) is 11.5 Å². The Hall–Kier alpha value is -1.03. The zero-order valence-electron chi connectivity index (χ0n) is 10.0. The number of thioether (sulfide) groups is 1. The fourth-order valence-corrected chi connectivity index (χ4v) is 4.67. The molecule has 2 rings (SSSR count). The van der Waals surface area contributed by atoms with Crippen LogP contribution in [-0.2, 0) is 10.0 Å². The van der Waals surface area contributed by atoms with Crippen LogP contribution in [0, 0.1) is 18.3 Å². The monoisotopic (exact) mass is 282 g/mol. The summed E-state index contributed by atoms with van der Waals surface area (Å²) < 4.78 is 27.2. The molecule has 0 radical (unpaired) electrons. The molecule has 1 heterocycles. The number of sulfonamides is 1. The largest absolute Gasteiger partial charge is 0.241 e. The predicted molar refractivity (Wildman–Crippen MR) is 71.9 cm³/mol. The average molecular weight is 282 g/mol. The summed E-state index contributed by atoms with van der Waals surface area (Å²) in [4.78, 5) is 0.207. The maximum Gasteiger partial charge on any atom is 0.241 e. The van der Waals surface area contributed by atoms with Gasteiger partial charge in [0.2, 0.25) is 10.0 Å². The highest BCUT2D eigenvalue weighted by Crippen LogP contribution is 2.21. The van der Waals surface area contributed by atoms with Crippen LogP contribution in [0.2, 0.25) is 0 Å². The van der Waals surface area contributed by atoms with Crippen LogP contribution in [0.25, 0.3) is 0 Å². The van der Waals surface area contributed by atoms with E-state index in [1.165, 1.54) is 6.07 Å². The van der Waals surface area contributed by atoms with Crippen molar-refractivity contribution in [1.82, 2.24) is 4.72 Å². The van der Waals surface area contributed by atoms with E-state index in [0.717, 1.165) is 17.9 Å². The molecule has 1 fully saturated rings. The highest BCUT2D eigenvalue weighted by atomic mass is 32.2. The second-order valence-electron chi connectivity index (χ2n) is 4.27. The first-order valence-corrected chi connectivity index (χ1v) is 8.27. The molecule has 1 unspecified atom stereocenters. The van der Waals surface area contributed by atoms with E-state index < -0.39 is 10.0 Å². The molecule has 18 heavy (non-hydrogen) atoms. The van der Waals surface area contributed by atoms with Crippen LogP contribution in [-0.4, -0.2) is 26.0 Å². The van der Waals surface area contributed by atoms with E-state index in [9.17, 15) is 8.42 Å². The minimum Gasteiger partial charge on any atom is -0.207 e. The van der Waals surface area contributed by atoms with Crippen molar-refractivity contribution in [1.29, 1.82) is 5.26 Å². The Balaban J connectivity index is 2.31. The number of nitriles is 1. The molecule has 0 aliphatic carbocycles. The summed E-state index contributed by atoms with van der Waals surface area (Å²) in [6.07, 6.45) is 0.862. The summed E-state index contributed by atoms with van der Waals surface area (Å²) in [5.41, 5.74) is 1.02. The Bertz CT molecular complexity index is 585. The van der Waals surface area contributed by atoms with Gasteiger partial charge in [0.1, 0.15) is 0 Å². The molecule has 0 saturated carbocycles. The van der Waals surface area contributed by atoms with Crippen molar-refractivity contribution in [2.24, 2.45) is 0 Å². The third-order valence-corrected chi connectivity index (χ3v) is 5.68. The first-order valence-electron chi connectivity index (χ1n) is 5.64. The molecule has 4 nitrogen and oxygen atoms in total. The molecule has 1 saturated heterocycles. The number of nitrogens with one attached hydrogen (secondary N) is 1. The quantitative estimate of drug-likeness (QED) is 0.915. The van der Waals surface area contributed by atoms with Crippen LogP contribution in [0.1, 0.15) is 17.5 Å². The minimum absolute atomic E-state index is 0.00476. The van der Waals surface area contributed by atoms with Crippen LogP contribution >= 0.6 is 11.8 Å². The number of nitrogens with zero attached hydrogens (tertiary/aromatic N) is 1. The van der Waals surface area contributed by atoms with Gasteiger partial charge in [0.25, 0.3) is 0 Å². The molecule has 1 aromatic carbocycles. The molecule has 0 bridgehead atoms. The first kappa shape index (κ1) is 13.4. The van der Waals surface area contributed by atoms with Crippen molar-refractivity contribution in [2.45, 2.75) is 24.3 Å². The van der Waals surface area contributed by atoms with Gasteiger partial charge in [-0.15, -0.1) is 0 Å². The molecule has 6 heteroatoms. The summed E-state index contributed by atoms with van der Waals surface area (Å²) in [6, 6.07) is 6.69. The Labute approximate surface area is 111 Å². The van der Waals surface area contributed by atoms with Gasteiger partial charge < -0.3 is 0 Å². The Morgan fingerprint density at radius 2 is 2.28 bits per heavy atom. The Kier molecular flexibility index (Phi) is 3.95. The van der Waals surface area contributed by atoms with Gasteiger partial charge in [0, 0.05) is 11.8 Å². The lowest BCUT2D eigenvalue weighted by atomic mass is 10.2. The predicted octanol–water partition coefficient (Wildman–Crippen LogP) is 1.65. The van der Waals surface area contributed by atoms with Gasteiger partial charge in [-0.3, -0.25) is 0 Å². The maximum atomic E-state index is 12.2. The van der Waals surface area contributed by atoms with E-state index in [1.807, 2.05) is 6.07 Å². The third kappa shape index (κ3) is 2.86. The number of hydrogen-bond acceptors (Lipinski definition) is 4. The zero-order chi connectivity index (χ0) is 13.2. The molecular weight excluding hydrogens is 268 g/mol. The molecule has 0 aromatic heterocycles. The third-order valence-electron chi connectivity index (χ3n) is 2.86. The van der Waals surface area contributed by atoms with Crippen LogP contribution in [0.5, 0.6) is 0 Å².